The normalized spacial score (nSPS) is 14.1. The van der Waals surface area contributed by atoms with Gasteiger partial charge in [-0.3, -0.25) is 4.40 Å². The van der Waals surface area contributed by atoms with Gasteiger partial charge in [-0.15, -0.1) is 11.3 Å². The molecule has 0 atom stereocenters. The largest absolute Gasteiger partial charge is 0.293 e. The smallest absolute Gasteiger partial charge is 0.145 e. The van der Waals surface area contributed by atoms with Crippen molar-refractivity contribution in [2.24, 2.45) is 9.98 Å². The van der Waals surface area contributed by atoms with E-state index in [1.165, 1.54) is 171 Å². The lowest BCUT2D eigenvalue weighted by Crippen LogP contribution is -2.28. The molecule has 0 unspecified atom stereocenters. The molecule has 0 N–H and O–H groups in total. The van der Waals surface area contributed by atoms with Gasteiger partial charge in [-0.05, 0) is 216 Å². The van der Waals surface area contributed by atoms with E-state index in [1.54, 1.807) is 0 Å². The Kier molecular flexibility index (Phi) is 12.4. The van der Waals surface area contributed by atoms with E-state index in [1.807, 2.05) is 11.3 Å². The van der Waals surface area contributed by atoms with Crippen molar-refractivity contribution in [3.8, 4) is 55.6 Å². The number of aromatic nitrogens is 1. The van der Waals surface area contributed by atoms with Gasteiger partial charge in [-0.2, -0.15) is 0 Å². The first kappa shape index (κ1) is 55.7. The second kappa shape index (κ2) is 21.4. The van der Waals surface area contributed by atoms with Gasteiger partial charge in [0.1, 0.15) is 5.49 Å². The van der Waals surface area contributed by atoms with Gasteiger partial charge < -0.3 is 0 Å². The lowest BCUT2D eigenvalue weighted by Gasteiger charge is -2.34. The van der Waals surface area contributed by atoms with Crippen molar-refractivity contribution >= 4 is 128 Å². The average Bonchev–Trinajstić information content (AvgIpc) is 1.52. The highest BCUT2D eigenvalue weighted by molar-refractivity contribution is 14.2. The fourth-order valence-corrected chi connectivity index (χ4v) is 20.8. The summed E-state index contributed by atoms with van der Waals surface area (Å²) in [4.78, 5) is 11.4. The second-order valence-corrected chi connectivity index (χ2v) is 30.4. The zero-order chi connectivity index (χ0) is 63.5. The highest BCUT2D eigenvalue weighted by Crippen LogP contribution is 2.58. The summed E-state index contributed by atoms with van der Waals surface area (Å²) in [5.74, 6) is 0. The molecule has 3 aliphatic rings. The molecule has 4 heterocycles. The van der Waals surface area contributed by atoms with E-state index < -0.39 is 26.1 Å². The van der Waals surface area contributed by atoms with Crippen molar-refractivity contribution in [1.29, 1.82) is 0 Å². The SMILES string of the molecule is C=c1c(=Nc2ccc3cc(-c4ccc5c(c4)C(c4ccccc4)(c4ccccc4)c4ccc(-c6cc7c(C)c(c6)-c6ccccc6CCC6=Ic8ccc9ccccc9c8N=C67)cc4-5)ccc3c2CC)n2c3ccccc3c3cc(-c4ccc5sc6ccccc6c5c4)cc1c32. The Morgan fingerprint density at radius 3 is 1.97 bits per heavy atom. The molecule has 0 saturated heterocycles. The number of aryl methyl sites for hydroxylation is 2. The first-order valence-electron chi connectivity index (χ1n) is 33.4. The zero-order valence-electron chi connectivity index (χ0n) is 53.0. The van der Waals surface area contributed by atoms with Crippen LogP contribution in [-0.2, 0) is 18.3 Å². The summed E-state index contributed by atoms with van der Waals surface area (Å²) in [5.41, 5.74) is 28.5. The lowest BCUT2D eigenvalue weighted by atomic mass is 9.67. The van der Waals surface area contributed by atoms with E-state index in [2.05, 4.69) is 297 Å². The van der Waals surface area contributed by atoms with Crippen LogP contribution in [0.5, 0.6) is 0 Å². The molecule has 20 rings (SSSR count). The maximum Gasteiger partial charge on any atom is 0.145 e. The minimum atomic E-state index is -0.598. The van der Waals surface area contributed by atoms with E-state index in [-0.39, 0.29) is 0 Å². The Morgan fingerprint density at radius 2 is 1.11 bits per heavy atom. The number of hydrogen-bond acceptors (Lipinski definition) is 3. The van der Waals surface area contributed by atoms with Crippen LogP contribution in [0, 0.1) is 10.5 Å². The molecule has 452 valence electrons. The third kappa shape index (κ3) is 8.20. The molecule has 3 nitrogen and oxygen atoms in total. The second-order valence-electron chi connectivity index (χ2n) is 26.3. The number of benzene rings is 14. The molecular formula is C91H60IN3S. The van der Waals surface area contributed by atoms with Crippen molar-refractivity contribution in [2.45, 2.75) is 38.5 Å². The van der Waals surface area contributed by atoms with Crippen LogP contribution < -0.4 is 10.7 Å². The molecule has 0 amide bonds. The molecule has 1 aliphatic heterocycles. The monoisotopic (exact) mass is 1350 g/mol. The molecule has 0 radical (unpaired) electrons. The molecule has 5 heteroatoms. The molecule has 2 bridgehead atoms. The number of rotatable bonds is 7. The number of aliphatic imine (C=N–C) groups is 1. The Hall–Kier alpha value is -10.7. The van der Waals surface area contributed by atoms with E-state index in [0.29, 0.717) is 0 Å². The van der Waals surface area contributed by atoms with E-state index in [4.69, 9.17) is 16.6 Å². The first-order valence-corrected chi connectivity index (χ1v) is 36.4. The molecule has 14 aromatic carbocycles. The minimum Gasteiger partial charge on any atom is -0.293 e. The Balaban J connectivity index is 0.725. The molecule has 0 fully saturated rings. The lowest BCUT2D eigenvalue weighted by molar-refractivity contribution is 0.769. The third-order valence-electron chi connectivity index (χ3n) is 21.3. The van der Waals surface area contributed by atoms with Crippen LogP contribution in [0.4, 0.5) is 11.4 Å². The Bertz CT molecular complexity index is 6370. The predicted molar refractivity (Wildman–Crippen MR) is 416 cm³/mol. The highest BCUT2D eigenvalue weighted by Gasteiger charge is 2.46. The van der Waals surface area contributed by atoms with Crippen molar-refractivity contribution in [2.75, 3.05) is 0 Å². The van der Waals surface area contributed by atoms with Crippen molar-refractivity contribution < 1.29 is 0 Å². The summed E-state index contributed by atoms with van der Waals surface area (Å²) in [6.07, 6.45) is 2.82. The van der Waals surface area contributed by atoms with E-state index in [0.717, 1.165) is 52.2 Å². The van der Waals surface area contributed by atoms with Gasteiger partial charge in [0.05, 0.1) is 33.5 Å². The van der Waals surface area contributed by atoms with E-state index >= 15 is 0 Å². The molecule has 96 heavy (non-hydrogen) atoms. The maximum absolute atomic E-state index is 5.77. The number of thiophene rings is 1. The summed E-state index contributed by atoms with van der Waals surface area (Å²) in [7, 11) is 0. The number of fused-ring (bicyclic) bond motifs is 19. The summed E-state index contributed by atoms with van der Waals surface area (Å²) in [6, 6.07) is 105. The van der Waals surface area contributed by atoms with Gasteiger partial charge in [-0.25, -0.2) is 9.98 Å². The van der Waals surface area contributed by atoms with Crippen LogP contribution in [0.1, 0.15) is 57.9 Å². The highest BCUT2D eigenvalue weighted by atomic mass is 127. The maximum atomic E-state index is 5.77. The number of hydrogen-bond donors (Lipinski definition) is 0. The van der Waals surface area contributed by atoms with Crippen LogP contribution in [0.25, 0.3) is 131 Å². The summed E-state index contributed by atoms with van der Waals surface area (Å²) < 4.78 is 7.93. The standard InChI is InChI=1S/C91H60IN3S/c1-4-66-68-38-31-57(45-61(68)36-43-83(66)93-90-54(3)75-50-63(51-78-71-27-15-17-29-84(71)95(90)89(75)78)59-37-44-86-77(47-59)72-28-16-18-30-85(72)96-86)60-32-39-70-76-46-58(33-40-79(76)91(80(70)52-60,64-21-7-5-8-22-64)65-23-9-6-10-24-65)62-48-73-53(2)74(49-62)88-82(41-34-55-19-11-13-25-67(55)73)92-81-42-35-56-20-12-14-26-69(56)87(81)94-88/h5-33,35-40,42-52H,3-4,34,41H2,1-2H3. The molecular weight excluding hydrogens is 1290 g/mol. The first-order chi connectivity index (χ1) is 47.3. The van der Waals surface area contributed by atoms with Crippen LogP contribution in [0.15, 0.2) is 289 Å². The van der Waals surface area contributed by atoms with Crippen LogP contribution in [0.3, 0.4) is 0 Å². The number of para-hydroxylation sites is 1. The average molecular weight is 1350 g/mol. The number of halogens is 1. The number of nitrogens with zero attached hydrogens (tertiary/aromatic N) is 3. The third-order valence-corrected chi connectivity index (χ3v) is 25.6. The molecule has 2 aliphatic carbocycles. The Labute approximate surface area is 570 Å². The minimum absolute atomic E-state index is 0.445. The van der Waals surface area contributed by atoms with Gasteiger partial charge in [0, 0.05) is 59.6 Å². The summed E-state index contributed by atoms with van der Waals surface area (Å²) in [5, 5.41) is 12.0. The molecule has 3 aromatic heterocycles. The van der Waals surface area contributed by atoms with Crippen LogP contribution in [0.2, 0.25) is 0 Å². The molecule has 17 aromatic rings. The van der Waals surface area contributed by atoms with Gasteiger partial charge in [0.2, 0.25) is 0 Å². The fourth-order valence-electron chi connectivity index (χ4n) is 16.8. The van der Waals surface area contributed by atoms with Gasteiger partial charge >= 0.3 is 0 Å². The summed E-state index contributed by atoms with van der Waals surface area (Å²) in [6.45, 7) is 9.44. The van der Waals surface area contributed by atoms with Crippen LogP contribution >= 0.6 is 32.1 Å². The summed E-state index contributed by atoms with van der Waals surface area (Å²) >= 11 is 1.41. The molecule has 0 saturated carbocycles. The van der Waals surface area contributed by atoms with Crippen molar-refractivity contribution in [3.63, 3.8) is 0 Å². The quantitative estimate of drug-likeness (QED) is 0.142. The van der Waals surface area contributed by atoms with Gasteiger partial charge in [0.25, 0.3) is 0 Å². The van der Waals surface area contributed by atoms with Crippen molar-refractivity contribution in [1.82, 2.24) is 4.40 Å². The topological polar surface area (TPSA) is 29.1 Å². The van der Waals surface area contributed by atoms with Gasteiger partial charge in [0.15, 0.2) is 0 Å². The van der Waals surface area contributed by atoms with E-state index in [9.17, 15) is 0 Å². The van der Waals surface area contributed by atoms with Crippen molar-refractivity contribution in [3.05, 3.63) is 338 Å². The van der Waals surface area contributed by atoms with Crippen LogP contribution in [-0.4, -0.2) is 13.6 Å². The molecule has 0 spiro atoms. The zero-order valence-corrected chi connectivity index (χ0v) is 56.0. The Morgan fingerprint density at radius 1 is 0.469 bits per heavy atom. The van der Waals surface area contributed by atoms with Gasteiger partial charge in [-0.1, -0.05) is 234 Å². The fraction of sp³-hybridized carbons (Fsp3) is 0.0659. The predicted octanol–water partition coefficient (Wildman–Crippen LogP) is 23.0.